The molecule has 3 rings (SSSR count). The Hall–Kier alpha value is -2.36. The van der Waals surface area contributed by atoms with Gasteiger partial charge in [0.25, 0.3) is 0 Å². The number of anilines is 1. The monoisotopic (exact) mass is 280 g/mol. The van der Waals surface area contributed by atoms with E-state index in [4.69, 9.17) is 0 Å². The van der Waals surface area contributed by atoms with Gasteiger partial charge in [-0.1, -0.05) is 6.07 Å². The second-order valence-electron chi connectivity index (χ2n) is 5.61. The van der Waals surface area contributed by atoms with Crippen molar-refractivity contribution in [3.05, 3.63) is 54.0 Å². The molecule has 4 nitrogen and oxygen atoms in total. The third kappa shape index (κ3) is 2.75. The van der Waals surface area contributed by atoms with Crippen LogP contribution in [0.5, 0.6) is 0 Å². The van der Waals surface area contributed by atoms with Gasteiger partial charge in [0.15, 0.2) is 0 Å². The third-order valence-corrected chi connectivity index (χ3v) is 3.64. The zero-order valence-corrected chi connectivity index (χ0v) is 12.7. The van der Waals surface area contributed by atoms with E-state index in [9.17, 15) is 0 Å². The van der Waals surface area contributed by atoms with E-state index < -0.39 is 0 Å². The maximum Gasteiger partial charge on any atom is 0.0751 e. The maximum absolute atomic E-state index is 4.47. The Morgan fingerprint density at radius 1 is 1.24 bits per heavy atom. The van der Waals surface area contributed by atoms with E-state index in [-0.39, 0.29) is 0 Å². The van der Waals surface area contributed by atoms with Crippen LogP contribution in [-0.4, -0.2) is 14.8 Å². The molecule has 2 aromatic heterocycles. The molecule has 3 aromatic rings. The Kier molecular flexibility index (Phi) is 3.60. The summed E-state index contributed by atoms with van der Waals surface area (Å²) >= 11 is 0. The van der Waals surface area contributed by atoms with Crippen LogP contribution in [0.1, 0.15) is 31.0 Å². The Labute approximate surface area is 124 Å². The molecule has 0 unspecified atom stereocenters. The van der Waals surface area contributed by atoms with Crippen LogP contribution in [0.2, 0.25) is 0 Å². The smallest absolute Gasteiger partial charge is 0.0751 e. The number of aromatic nitrogens is 3. The molecule has 0 spiro atoms. The summed E-state index contributed by atoms with van der Waals surface area (Å²) in [5, 5.41) is 9.02. The van der Waals surface area contributed by atoms with Crippen molar-refractivity contribution in [1.82, 2.24) is 14.8 Å². The molecule has 0 fully saturated rings. The van der Waals surface area contributed by atoms with Crippen LogP contribution < -0.4 is 5.32 Å². The SMILES string of the molecule is Cc1ccc(NCc2cnn(C(C)C)c2)c2cccnc12. The summed E-state index contributed by atoms with van der Waals surface area (Å²) in [5.41, 5.74) is 4.55. The van der Waals surface area contributed by atoms with Crippen molar-refractivity contribution in [2.75, 3.05) is 5.32 Å². The van der Waals surface area contributed by atoms with E-state index in [0.717, 1.165) is 23.1 Å². The van der Waals surface area contributed by atoms with Crippen molar-refractivity contribution >= 4 is 16.6 Å². The molecule has 0 aliphatic carbocycles. The molecule has 108 valence electrons. The number of pyridine rings is 1. The highest BCUT2D eigenvalue weighted by Gasteiger charge is 2.05. The van der Waals surface area contributed by atoms with Gasteiger partial charge < -0.3 is 5.32 Å². The molecule has 0 aliphatic heterocycles. The van der Waals surface area contributed by atoms with Crippen LogP contribution in [0.15, 0.2) is 42.9 Å². The normalized spacial score (nSPS) is 11.2. The first-order valence-corrected chi connectivity index (χ1v) is 7.26. The molecule has 0 saturated heterocycles. The number of hydrogen-bond donors (Lipinski definition) is 1. The summed E-state index contributed by atoms with van der Waals surface area (Å²) in [4.78, 5) is 4.47. The van der Waals surface area contributed by atoms with Gasteiger partial charge in [0, 0.05) is 41.6 Å². The fourth-order valence-corrected chi connectivity index (χ4v) is 2.42. The third-order valence-electron chi connectivity index (χ3n) is 3.64. The first kappa shape index (κ1) is 13.6. The molecular formula is C17H20N4. The number of hydrogen-bond acceptors (Lipinski definition) is 3. The Morgan fingerprint density at radius 3 is 2.86 bits per heavy atom. The molecule has 0 aliphatic rings. The summed E-state index contributed by atoms with van der Waals surface area (Å²) in [6.45, 7) is 7.11. The molecule has 0 saturated carbocycles. The average Bonchev–Trinajstić information content (AvgIpc) is 2.96. The zero-order chi connectivity index (χ0) is 14.8. The molecule has 21 heavy (non-hydrogen) atoms. The summed E-state index contributed by atoms with van der Waals surface area (Å²) in [6.07, 6.45) is 5.85. The van der Waals surface area contributed by atoms with E-state index >= 15 is 0 Å². The zero-order valence-electron chi connectivity index (χ0n) is 12.7. The van der Waals surface area contributed by atoms with Crippen LogP contribution in [0, 0.1) is 6.92 Å². The molecule has 0 atom stereocenters. The quantitative estimate of drug-likeness (QED) is 0.787. The van der Waals surface area contributed by atoms with Crippen molar-refractivity contribution in [2.24, 2.45) is 0 Å². The molecule has 0 amide bonds. The molecule has 0 bridgehead atoms. The minimum Gasteiger partial charge on any atom is -0.380 e. The summed E-state index contributed by atoms with van der Waals surface area (Å²) in [6, 6.07) is 8.70. The molecule has 1 N–H and O–H groups in total. The number of nitrogens with one attached hydrogen (secondary N) is 1. The lowest BCUT2D eigenvalue weighted by Crippen LogP contribution is -2.01. The largest absolute Gasteiger partial charge is 0.380 e. The Bertz CT molecular complexity index is 758. The van der Waals surface area contributed by atoms with Crippen molar-refractivity contribution in [3.63, 3.8) is 0 Å². The van der Waals surface area contributed by atoms with Crippen LogP contribution >= 0.6 is 0 Å². The van der Waals surface area contributed by atoms with E-state index in [1.165, 1.54) is 11.1 Å². The predicted molar refractivity (Wildman–Crippen MR) is 86.4 cm³/mol. The van der Waals surface area contributed by atoms with Crippen molar-refractivity contribution in [3.8, 4) is 0 Å². The van der Waals surface area contributed by atoms with Gasteiger partial charge >= 0.3 is 0 Å². The molecule has 2 heterocycles. The van der Waals surface area contributed by atoms with E-state index in [2.05, 4.69) is 60.6 Å². The maximum atomic E-state index is 4.47. The Morgan fingerprint density at radius 2 is 2.10 bits per heavy atom. The van der Waals surface area contributed by atoms with Gasteiger partial charge in [-0.2, -0.15) is 5.10 Å². The number of fused-ring (bicyclic) bond motifs is 1. The van der Waals surface area contributed by atoms with Gasteiger partial charge in [0.1, 0.15) is 0 Å². The highest BCUT2D eigenvalue weighted by Crippen LogP contribution is 2.25. The second kappa shape index (κ2) is 5.56. The predicted octanol–water partition coefficient (Wildman–Crippen LogP) is 3.93. The summed E-state index contributed by atoms with van der Waals surface area (Å²) < 4.78 is 1.98. The van der Waals surface area contributed by atoms with Crippen LogP contribution in [0.4, 0.5) is 5.69 Å². The number of benzene rings is 1. The van der Waals surface area contributed by atoms with Gasteiger partial charge in [-0.3, -0.25) is 9.67 Å². The molecule has 1 aromatic carbocycles. The van der Waals surface area contributed by atoms with Crippen molar-refractivity contribution in [2.45, 2.75) is 33.4 Å². The van der Waals surface area contributed by atoms with Gasteiger partial charge in [-0.25, -0.2) is 0 Å². The van der Waals surface area contributed by atoms with Gasteiger partial charge in [0.05, 0.1) is 11.7 Å². The van der Waals surface area contributed by atoms with Gasteiger partial charge in [0.2, 0.25) is 0 Å². The van der Waals surface area contributed by atoms with Crippen molar-refractivity contribution in [1.29, 1.82) is 0 Å². The van der Waals surface area contributed by atoms with E-state index in [0.29, 0.717) is 6.04 Å². The summed E-state index contributed by atoms with van der Waals surface area (Å²) in [5.74, 6) is 0. The molecule has 0 radical (unpaired) electrons. The molecular weight excluding hydrogens is 260 g/mol. The first-order valence-electron chi connectivity index (χ1n) is 7.26. The lowest BCUT2D eigenvalue weighted by Gasteiger charge is -2.10. The highest BCUT2D eigenvalue weighted by molar-refractivity contribution is 5.93. The van der Waals surface area contributed by atoms with E-state index in [1.807, 2.05) is 23.1 Å². The first-order chi connectivity index (χ1) is 10.1. The minimum absolute atomic E-state index is 0.392. The topological polar surface area (TPSA) is 42.7 Å². The van der Waals surface area contributed by atoms with Gasteiger partial charge in [-0.15, -0.1) is 0 Å². The Balaban J connectivity index is 1.83. The fourth-order valence-electron chi connectivity index (χ4n) is 2.42. The van der Waals surface area contributed by atoms with Crippen LogP contribution in [-0.2, 0) is 6.54 Å². The standard InChI is InChI=1S/C17H20N4/c1-12(2)21-11-14(10-20-21)9-19-16-7-6-13(3)17-15(16)5-4-8-18-17/h4-8,10-12,19H,9H2,1-3H3. The van der Waals surface area contributed by atoms with Crippen LogP contribution in [0.25, 0.3) is 10.9 Å². The number of rotatable bonds is 4. The average molecular weight is 280 g/mol. The fraction of sp³-hybridized carbons (Fsp3) is 0.294. The highest BCUT2D eigenvalue weighted by atomic mass is 15.3. The van der Waals surface area contributed by atoms with Gasteiger partial charge in [-0.05, 0) is 44.5 Å². The summed E-state index contributed by atoms with van der Waals surface area (Å²) in [7, 11) is 0. The second-order valence-corrected chi connectivity index (χ2v) is 5.61. The lowest BCUT2D eigenvalue weighted by atomic mass is 10.1. The number of aryl methyl sites for hydroxylation is 1. The van der Waals surface area contributed by atoms with Crippen molar-refractivity contribution < 1.29 is 0 Å². The minimum atomic E-state index is 0.392. The van der Waals surface area contributed by atoms with E-state index in [1.54, 1.807) is 0 Å². The number of nitrogens with zero attached hydrogens (tertiary/aromatic N) is 3. The lowest BCUT2D eigenvalue weighted by molar-refractivity contribution is 0.532. The molecule has 4 heteroatoms. The van der Waals surface area contributed by atoms with Crippen LogP contribution in [0.3, 0.4) is 0 Å².